The van der Waals surface area contributed by atoms with Crippen molar-refractivity contribution < 1.29 is 14.7 Å². The summed E-state index contributed by atoms with van der Waals surface area (Å²) in [6.45, 7) is 5.52. The highest BCUT2D eigenvalue weighted by molar-refractivity contribution is 5.97. The molecule has 0 aliphatic heterocycles. The molecule has 1 rings (SSSR count). The van der Waals surface area contributed by atoms with Gasteiger partial charge in [-0.1, -0.05) is 44.2 Å². The number of carbonyl (C=O) groups excluding carboxylic acids is 1. The van der Waals surface area contributed by atoms with Gasteiger partial charge in [0, 0.05) is 18.7 Å². The second kappa shape index (κ2) is 7.69. The second-order valence-electron chi connectivity index (χ2n) is 5.06. The number of ketones is 1. The number of aliphatic carboxylic acids is 1. The highest BCUT2D eigenvalue weighted by atomic mass is 16.4. The maximum absolute atomic E-state index is 12.1. The number of benzene rings is 1. The summed E-state index contributed by atoms with van der Waals surface area (Å²) >= 11 is 0. The zero-order valence-corrected chi connectivity index (χ0v) is 11.5. The highest BCUT2D eigenvalue weighted by Crippen LogP contribution is 2.05. The quantitative estimate of drug-likeness (QED) is 0.731. The average molecular weight is 263 g/mol. The lowest BCUT2D eigenvalue weighted by atomic mass is 10.1. The number of hydrogen-bond donors (Lipinski definition) is 1. The molecule has 1 aromatic rings. The lowest BCUT2D eigenvalue weighted by Crippen LogP contribution is -2.34. The van der Waals surface area contributed by atoms with E-state index in [9.17, 15) is 9.59 Å². The van der Waals surface area contributed by atoms with Gasteiger partial charge in [-0.3, -0.25) is 14.5 Å². The Hall–Kier alpha value is -1.68. The van der Waals surface area contributed by atoms with Crippen molar-refractivity contribution in [1.29, 1.82) is 0 Å². The van der Waals surface area contributed by atoms with Crippen LogP contribution in [0.2, 0.25) is 0 Å². The van der Waals surface area contributed by atoms with Crippen LogP contribution < -0.4 is 0 Å². The molecular formula is C15H21NO3. The first-order chi connectivity index (χ1) is 8.99. The summed E-state index contributed by atoms with van der Waals surface area (Å²) in [5.41, 5.74) is 0.673. The van der Waals surface area contributed by atoms with Crippen molar-refractivity contribution in [1.82, 2.24) is 4.90 Å². The maximum Gasteiger partial charge on any atom is 0.304 e. The van der Waals surface area contributed by atoms with E-state index in [1.807, 2.05) is 23.1 Å². The fourth-order valence-corrected chi connectivity index (χ4v) is 1.92. The molecule has 104 valence electrons. The monoisotopic (exact) mass is 263 g/mol. The van der Waals surface area contributed by atoms with E-state index >= 15 is 0 Å². The minimum atomic E-state index is -0.832. The number of carboxylic acid groups (broad SMARTS) is 1. The molecule has 0 saturated heterocycles. The number of carboxylic acids is 1. The van der Waals surface area contributed by atoms with Crippen LogP contribution in [0.1, 0.15) is 30.6 Å². The van der Waals surface area contributed by atoms with Crippen molar-refractivity contribution in [2.45, 2.75) is 20.3 Å². The van der Waals surface area contributed by atoms with Crippen molar-refractivity contribution in [2.75, 3.05) is 19.6 Å². The second-order valence-corrected chi connectivity index (χ2v) is 5.06. The first-order valence-corrected chi connectivity index (χ1v) is 6.51. The Morgan fingerprint density at radius 1 is 1.21 bits per heavy atom. The van der Waals surface area contributed by atoms with E-state index in [0.29, 0.717) is 18.0 Å². The van der Waals surface area contributed by atoms with E-state index in [0.717, 1.165) is 6.54 Å². The number of hydrogen-bond acceptors (Lipinski definition) is 3. The predicted molar refractivity (Wildman–Crippen MR) is 74.3 cm³/mol. The van der Waals surface area contributed by atoms with Crippen LogP contribution in [0.4, 0.5) is 0 Å². The summed E-state index contributed by atoms with van der Waals surface area (Å²) in [6.07, 6.45) is 0.0643. The van der Waals surface area contributed by atoms with E-state index in [-0.39, 0.29) is 18.7 Å². The Kier molecular flexibility index (Phi) is 6.22. The van der Waals surface area contributed by atoms with Crippen molar-refractivity contribution in [2.24, 2.45) is 5.92 Å². The summed E-state index contributed by atoms with van der Waals surface area (Å²) in [4.78, 5) is 24.6. The van der Waals surface area contributed by atoms with Gasteiger partial charge in [0.05, 0.1) is 13.0 Å². The first kappa shape index (κ1) is 15.4. The van der Waals surface area contributed by atoms with E-state index in [1.54, 1.807) is 12.1 Å². The smallest absolute Gasteiger partial charge is 0.304 e. The van der Waals surface area contributed by atoms with Crippen LogP contribution >= 0.6 is 0 Å². The lowest BCUT2D eigenvalue weighted by molar-refractivity contribution is -0.137. The molecule has 0 heterocycles. The number of carbonyl (C=O) groups is 2. The fraction of sp³-hybridized carbons (Fsp3) is 0.467. The third kappa shape index (κ3) is 6.15. The summed E-state index contributed by atoms with van der Waals surface area (Å²) < 4.78 is 0. The molecule has 4 heteroatoms. The fourth-order valence-electron chi connectivity index (χ4n) is 1.92. The van der Waals surface area contributed by atoms with Gasteiger partial charge < -0.3 is 5.11 Å². The van der Waals surface area contributed by atoms with Gasteiger partial charge >= 0.3 is 5.97 Å². The molecule has 1 aromatic carbocycles. The van der Waals surface area contributed by atoms with Crippen molar-refractivity contribution in [3.63, 3.8) is 0 Å². The van der Waals surface area contributed by atoms with Crippen LogP contribution in [-0.2, 0) is 4.79 Å². The van der Waals surface area contributed by atoms with E-state index in [2.05, 4.69) is 13.8 Å². The topological polar surface area (TPSA) is 57.6 Å². The maximum atomic E-state index is 12.1. The van der Waals surface area contributed by atoms with E-state index in [4.69, 9.17) is 5.11 Å². The van der Waals surface area contributed by atoms with Crippen LogP contribution in [-0.4, -0.2) is 41.4 Å². The molecule has 0 saturated carbocycles. The predicted octanol–water partition coefficient (Wildman–Crippen LogP) is 2.30. The number of Topliss-reactive ketones (excluding diaryl/α,β-unsaturated/α-hetero) is 1. The molecule has 0 amide bonds. The van der Waals surface area contributed by atoms with Crippen LogP contribution in [0.15, 0.2) is 30.3 Å². The Morgan fingerprint density at radius 3 is 2.37 bits per heavy atom. The lowest BCUT2D eigenvalue weighted by Gasteiger charge is -2.22. The van der Waals surface area contributed by atoms with Crippen LogP contribution in [0.3, 0.4) is 0 Å². The average Bonchev–Trinajstić information content (AvgIpc) is 2.36. The molecule has 0 spiro atoms. The summed E-state index contributed by atoms with van der Waals surface area (Å²) in [7, 11) is 0. The highest BCUT2D eigenvalue weighted by Gasteiger charge is 2.14. The number of nitrogens with zero attached hydrogens (tertiary/aromatic N) is 1. The SMILES string of the molecule is CC(C)CN(CCC(=O)O)CC(=O)c1ccccc1. The minimum Gasteiger partial charge on any atom is -0.481 e. The Morgan fingerprint density at radius 2 is 1.84 bits per heavy atom. The largest absolute Gasteiger partial charge is 0.481 e. The van der Waals surface area contributed by atoms with Gasteiger partial charge in [-0.05, 0) is 5.92 Å². The van der Waals surface area contributed by atoms with Crippen molar-refractivity contribution in [3.05, 3.63) is 35.9 Å². The zero-order valence-electron chi connectivity index (χ0n) is 11.5. The van der Waals surface area contributed by atoms with Crippen molar-refractivity contribution >= 4 is 11.8 Å². The van der Waals surface area contributed by atoms with Gasteiger partial charge in [-0.25, -0.2) is 0 Å². The van der Waals surface area contributed by atoms with Gasteiger partial charge in [0.2, 0.25) is 0 Å². The first-order valence-electron chi connectivity index (χ1n) is 6.51. The Bertz CT molecular complexity index is 415. The van der Waals surface area contributed by atoms with Gasteiger partial charge in [-0.15, -0.1) is 0 Å². The molecule has 0 unspecified atom stereocenters. The molecule has 0 bridgehead atoms. The zero-order chi connectivity index (χ0) is 14.3. The molecule has 0 aliphatic rings. The summed E-state index contributed by atoms with van der Waals surface area (Å²) in [5, 5.41) is 8.74. The van der Waals surface area contributed by atoms with Crippen LogP contribution in [0.5, 0.6) is 0 Å². The van der Waals surface area contributed by atoms with E-state index < -0.39 is 5.97 Å². The van der Waals surface area contributed by atoms with Gasteiger partial charge in [0.25, 0.3) is 0 Å². The summed E-state index contributed by atoms with van der Waals surface area (Å²) in [6, 6.07) is 9.10. The number of rotatable bonds is 8. The van der Waals surface area contributed by atoms with Gasteiger partial charge in [0.1, 0.15) is 0 Å². The molecule has 0 atom stereocenters. The van der Waals surface area contributed by atoms with Crippen molar-refractivity contribution in [3.8, 4) is 0 Å². The van der Waals surface area contributed by atoms with E-state index in [1.165, 1.54) is 0 Å². The van der Waals surface area contributed by atoms with Crippen LogP contribution in [0.25, 0.3) is 0 Å². The Balaban J connectivity index is 2.60. The molecule has 0 aromatic heterocycles. The normalized spacial score (nSPS) is 10.9. The summed E-state index contributed by atoms with van der Waals surface area (Å²) in [5.74, 6) is -0.398. The van der Waals surface area contributed by atoms with Gasteiger partial charge in [0.15, 0.2) is 5.78 Å². The standard InChI is InChI=1S/C15H21NO3/c1-12(2)10-16(9-8-15(18)19)11-14(17)13-6-4-3-5-7-13/h3-7,12H,8-11H2,1-2H3,(H,18,19). The van der Waals surface area contributed by atoms with Crippen LogP contribution in [0, 0.1) is 5.92 Å². The third-order valence-corrected chi connectivity index (χ3v) is 2.73. The molecule has 0 radical (unpaired) electrons. The Labute approximate surface area is 114 Å². The third-order valence-electron chi connectivity index (χ3n) is 2.73. The molecule has 1 N–H and O–H groups in total. The molecule has 4 nitrogen and oxygen atoms in total. The molecule has 19 heavy (non-hydrogen) atoms. The molecule has 0 aliphatic carbocycles. The minimum absolute atomic E-state index is 0.0339. The van der Waals surface area contributed by atoms with Gasteiger partial charge in [-0.2, -0.15) is 0 Å². The molecular weight excluding hydrogens is 242 g/mol. The molecule has 0 fully saturated rings.